The van der Waals surface area contributed by atoms with Crippen LogP contribution in [0.5, 0.6) is 0 Å². The Morgan fingerprint density at radius 2 is 2.07 bits per heavy atom. The summed E-state index contributed by atoms with van der Waals surface area (Å²) in [5, 5.41) is 10.3. The van der Waals surface area contributed by atoms with E-state index in [0.717, 1.165) is 55.5 Å². The summed E-state index contributed by atoms with van der Waals surface area (Å²) in [7, 11) is 0. The third-order valence-corrected chi connectivity index (χ3v) is 6.72. The molecule has 1 atom stereocenters. The minimum Gasteiger partial charge on any atom is -0.298 e. The van der Waals surface area contributed by atoms with E-state index >= 15 is 0 Å². The normalized spacial score (nSPS) is 19.7. The summed E-state index contributed by atoms with van der Waals surface area (Å²) in [6.45, 7) is 5.43. The summed E-state index contributed by atoms with van der Waals surface area (Å²) in [6, 6.07) is 10.0. The second-order valence-electron chi connectivity index (χ2n) is 8.55. The number of aromatic nitrogens is 3. The minimum absolute atomic E-state index is 0.119. The van der Waals surface area contributed by atoms with E-state index in [0.29, 0.717) is 16.6 Å². The van der Waals surface area contributed by atoms with Gasteiger partial charge in [-0.3, -0.25) is 15.0 Å². The fourth-order valence-corrected chi connectivity index (χ4v) is 5.01. The van der Waals surface area contributed by atoms with Crippen LogP contribution in [0.4, 0.5) is 5.13 Å². The van der Waals surface area contributed by atoms with E-state index in [9.17, 15) is 4.79 Å². The van der Waals surface area contributed by atoms with Crippen molar-refractivity contribution in [3.63, 3.8) is 0 Å². The largest absolute Gasteiger partial charge is 0.298 e. The van der Waals surface area contributed by atoms with Crippen LogP contribution in [-0.2, 0) is 6.54 Å². The Bertz CT molecular complexity index is 1020. The summed E-state index contributed by atoms with van der Waals surface area (Å²) in [4.78, 5) is 20.2. The molecule has 1 aliphatic heterocycles. The number of rotatable bonds is 6. The van der Waals surface area contributed by atoms with E-state index in [1.54, 1.807) is 6.20 Å². The maximum Gasteiger partial charge on any atom is 0.260 e. The van der Waals surface area contributed by atoms with Gasteiger partial charge in [0.05, 0.1) is 28.8 Å². The zero-order valence-corrected chi connectivity index (χ0v) is 18.1. The van der Waals surface area contributed by atoms with E-state index < -0.39 is 0 Å². The number of para-hydroxylation sites is 1. The predicted octanol–water partition coefficient (Wildman–Crippen LogP) is 4.69. The van der Waals surface area contributed by atoms with Crippen LogP contribution in [0.25, 0.3) is 5.69 Å². The van der Waals surface area contributed by atoms with E-state index in [4.69, 9.17) is 0 Å². The molecule has 2 fully saturated rings. The van der Waals surface area contributed by atoms with Gasteiger partial charge in [0.25, 0.3) is 5.91 Å². The number of carbonyl (C=O) groups excluding carboxylic acids is 1. The van der Waals surface area contributed by atoms with Gasteiger partial charge in [-0.2, -0.15) is 5.10 Å². The van der Waals surface area contributed by atoms with E-state index in [-0.39, 0.29) is 5.91 Å². The molecule has 1 saturated carbocycles. The topological polar surface area (TPSA) is 63.1 Å². The van der Waals surface area contributed by atoms with Gasteiger partial charge in [-0.05, 0) is 50.3 Å². The molecule has 3 heterocycles. The molecule has 0 spiro atoms. The first kappa shape index (κ1) is 19.5. The number of nitrogens with one attached hydrogen (secondary N) is 1. The highest BCUT2D eigenvalue weighted by Crippen LogP contribution is 2.42. The maximum absolute atomic E-state index is 13.0. The van der Waals surface area contributed by atoms with Crippen molar-refractivity contribution in [2.45, 2.75) is 45.1 Å². The smallest absolute Gasteiger partial charge is 0.260 e. The Labute approximate surface area is 180 Å². The van der Waals surface area contributed by atoms with Gasteiger partial charge in [-0.25, -0.2) is 9.67 Å². The lowest BCUT2D eigenvalue weighted by atomic mass is 10.0. The average molecular weight is 422 g/mol. The molecular weight excluding hydrogens is 394 g/mol. The lowest BCUT2D eigenvalue weighted by Gasteiger charge is -2.30. The van der Waals surface area contributed by atoms with Crippen LogP contribution in [0.1, 0.15) is 60.3 Å². The summed E-state index contributed by atoms with van der Waals surface area (Å²) in [5.74, 6) is 1.03. The molecule has 3 aromatic rings. The van der Waals surface area contributed by atoms with E-state index in [1.807, 2.05) is 35.0 Å². The monoisotopic (exact) mass is 421 g/mol. The fourth-order valence-electron chi connectivity index (χ4n) is 4.32. The van der Waals surface area contributed by atoms with Crippen molar-refractivity contribution in [2.24, 2.45) is 5.92 Å². The van der Waals surface area contributed by atoms with Crippen molar-refractivity contribution in [1.29, 1.82) is 0 Å². The number of piperidine rings is 1. The minimum atomic E-state index is -0.119. The highest BCUT2D eigenvalue weighted by Gasteiger charge is 2.33. The van der Waals surface area contributed by atoms with Gasteiger partial charge in [0, 0.05) is 24.4 Å². The third kappa shape index (κ3) is 4.18. The van der Waals surface area contributed by atoms with Gasteiger partial charge in [0.2, 0.25) is 0 Å². The van der Waals surface area contributed by atoms with Crippen molar-refractivity contribution < 1.29 is 4.79 Å². The summed E-state index contributed by atoms with van der Waals surface area (Å²) >= 11 is 1.50. The highest BCUT2D eigenvalue weighted by molar-refractivity contribution is 7.14. The Kier molecular flexibility index (Phi) is 5.39. The van der Waals surface area contributed by atoms with Crippen molar-refractivity contribution >= 4 is 22.4 Å². The lowest BCUT2D eigenvalue weighted by Crippen LogP contribution is -2.33. The van der Waals surface area contributed by atoms with E-state index in [2.05, 4.69) is 32.6 Å². The van der Waals surface area contributed by atoms with Gasteiger partial charge < -0.3 is 0 Å². The van der Waals surface area contributed by atoms with Crippen LogP contribution in [0.2, 0.25) is 0 Å². The maximum atomic E-state index is 13.0. The van der Waals surface area contributed by atoms with Crippen LogP contribution >= 0.6 is 11.3 Å². The van der Waals surface area contributed by atoms with Crippen molar-refractivity contribution in [3.8, 4) is 5.69 Å². The number of anilines is 1. The Morgan fingerprint density at radius 1 is 1.23 bits per heavy atom. The molecule has 1 aliphatic carbocycles. The second-order valence-corrected chi connectivity index (χ2v) is 9.40. The van der Waals surface area contributed by atoms with Gasteiger partial charge >= 0.3 is 0 Å². The molecule has 156 valence electrons. The molecule has 2 aliphatic rings. The SMILES string of the molecule is C[C@H]1CCCN(Cc2csc(NC(=O)c3cnn(-c4ccccc4)c3C3CC3)n2)C1. The van der Waals surface area contributed by atoms with Gasteiger partial charge in [0.1, 0.15) is 0 Å². The van der Waals surface area contributed by atoms with Crippen LogP contribution in [0.15, 0.2) is 41.9 Å². The van der Waals surface area contributed by atoms with Gasteiger partial charge in [-0.15, -0.1) is 11.3 Å². The van der Waals surface area contributed by atoms with Crippen LogP contribution in [0.3, 0.4) is 0 Å². The predicted molar refractivity (Wildman–Crippen MR) is 119 cm³/mol. The zero-order valence-electron chi connectivity index (χ0n) is 17.3. The van der Waals surface area contributed by atoms with Gasteiger partial charge in [0.15, 0.2) is 5.13 Å². The quantitative estimate of drug-likeness (QED) is 0.627. The first-order chi connectivity index (χ1) is 14.7. The molecule has 0 radical (unpaired) electrons. The van der Waals surface area contributed by atoms with Crippen molar-refractivity contribution in [2.75, 3.05) is 18.4 Å². The summed E-state index contributed by atoms with van der Waals surface area (Å²) in [5.41, 5.74) is 3.69. The molecule has 30 heavy (non-hydrogen) atoms. The number of benzene rings is 1. The molecular formula is C23H27N5OS. The third-order valence-electron chi connectivity index (χ3n) is 5.91. The summed E-state index contributed by atoms with van der Waals surface area (Å²) < 4.78 is 1.91. The summed E-state index contributed by atoms with van der Waals surface area (Å²) in [6.07, 6.45) is 6.47. The molecule has 0 unspecified atom stereocenters. The van der Waals surface area contributed by atoms with Crippen molar-refractivity contribution in [3.05, 3.63) is 58.9 Å². The molecule has 1 amide bonds. The first-order valence-electron chi connectivity index (χ1n) is 10.8. The first-order valence-corrected chi connectivity index (χ1v) is 11.7. The second kappa shape index (κ2) is 8.32. The van der Waals surface area contributed by atoms with Gasteiger partial charge in [-0.1, -0.05) is 25.1 Å². The fraction of sp³-hybridized carbons (Fsp3) is 0.435. The highest BCUT2D eigenvalue weighted by atomic mass is 32.1. The Morgan fingerprint density at radius 3 is 2.83 bits per heavy atom. The number of amides is 1. The number of likely N-dealkylation sites (tertiary alicyclic amines) is 1. The molecule has 5 rings (SSSR count). The molecule has 7 heteroatoms. The molecule has 1 N–H and O–H groups in total. The lowest BCUT2D eigenvalue weighted by molar-refractivity contribution is 0.102. The number of carbonyl (C=O) groups is 1. The van der Waals surface area contributed by atoms with Crippen LogP contribution < -0.4 is 5.32 Å². The van der Waals surface area contributed by atoms with Crippen LogP contribution in [-0.4, -0.2) is 38.7 Å². The van der Waals surface area contributed by atoms with Crippen molar-refractivity contribution in [1.82, 2.24) is 19.7 Å². The van der Waals surface area contributed by atoms with E-state index in [1.165, 1.54) is 24.2 Å². The molecule has 6 nitrogen and oxygen atoms in total. The molecule has 1 aromatic carbocycles. The standard InChI is InChI=1S/C23H27N5OS/c1-16-6-5-11-27(13-16)14-18-15-30-23(25-18)26-22(29)20-12-24-28(21(20)17-9-10-17)19-7-3-2-4-8-19/h2-4,7-8,12,15-17H,5-6,9-11,13-14H2,1H3,(H,25,26,29)/t16-/m0/s1. The number of hydrogen-bond donors (Lipinski definition) is 1. The number of hydrogen-bond acceptors (Lipinski definition) is 5. The van der Waals surface area contributed by atoms with Crippen LogP contribution in [0, 0.1) is 5.92 Å². The molecule has 1 saturated heterocycles. The Balaban J connectivity index is 1.30. The molecule has 2 aromatic heterocycles. The Hall–Kier alpha value is -2.51. The average Bonchev–Trinajstić information content (AvgIpc) is 3.34. The zero-order chi connectivity index (χ0) is 20.5. The number of thiazole rings is 1. The number of nitrogens with zero attached hydrogens (tertiary/aromatic N) is 4. The molecule has 0 bridgehead atoms.